The normalized spacial score (nSPS) is 2.00. The fourth-order valence-electron chi connectivity index (χ4n) is 0. The zero-order chi connectivity index (χ0) is 2.71. The van der Waals surface area contributed by atoms with Gasteiger partial charge in [-0.2, -0.15) is 5.26 Å². The van der Waals surface area contributed by atoms with Gasteiger partial charge >= 0.3 is 0 Å². The van der Waals surface area contributed by atoms with Crippen molar-refractivity contribution in [2.24, 2.45) is 0 Å². The maximum Gasteiger partial charge on any atom is 0.142 e. The second kappa shape index (κ2) is 12.6. The third kappa shape index (κ3) is 341. The molecule has 0 aromatic rings. The summed E-state index contributed by atoms with van der Waals surface area (Å²) in [4.78, 5) is 1.56. The SMILES string of the molecule is N#CBr.[OH]. The van der Waals surface area contributed by atoms with Gasteiger partial charge in [-0.25, -0.2) is 0 Å². The smallest absolute Gasteiger partial charge is 0.142 e. The largest absolute Gasteiger partial charge is 0.255 e. The maximum atomic E-state index is 7.24. The number of hydrogen-bond donors (Lipinski definition) is 1. The summed E-state index contributed by atoms with van der Waals surface area (Å²) in [5, 5.41) is 7.24. The second-order valence-electron chi connectivity index (χ2n) is 0.0845. The van der Waals surface area contributed by atoms with Gasteiger partial charge in [-0.15, -0.1) is 0 Å². The molecule has 0 saturated heterocycles. The molecule has 0 amide bonds. The van der Waals surface area contributed by atoms with Crippen molar-refractivity contribution in [1.82, 2.24) is 0 Å². The minimum Gasteiger partial charge on any atom is -0.255 e. The van der Waals surface area contributed by atoms with E-state index in [-0.39, 0.29) is 5.48 Å². The van der Waals surface area contributed by atoms with Gasteiger partial charge in [-0.3, -0.25) is 5.48 Å². The number of nitrogens with zero attached hydrogens (tertiary/aromatic N) is 1. The lowest BCUT2D eigenvalue weighted by Crippen LogP contribution is -0.920. The first kappa shape index (κ1) is 9.06. The predicted molar refractivity (Wildman–Crippen MR) is 16.5 cm³/mol. The first-order valence-electron chi connectivity index (χ1n) is 0.413. The van der Waals surface area contributed by atoms with E-state index in [1.165, 1.54) is 0 Å². The molecule has 0 aliphatic rings. The van der Waals surface area contributed by atoms with E-state index in [1.54, 1.807) is 4.98 Å². The Morgan fingerprint density at radius 3 is 1.75 bits per heavy atom. The van der Waals surface area contributed by atoms with Crippen molar-refractivity contribution in [2.75, 3.05) is 0 Å². The van der Waals surface area contributed by atoms with Gasteiger partial charge in [0.15, 0.2) is 0 Å². The molecule has 0 aliphatic heterocycles. The fraction of sp³-hybridized carbons (Fsp3) is 0. The summed E-state index contributed by atoms with van der Waals surface area (Å²) in [7, 11) is 0. The summed E-state index contributed by atoms with van der Waals surface area (Å²) in [5.74, 6) is 0. The van der Waals surface area contributed by atoms with E-state index in [1.807, 2.05) is 0 Å². The highest BCUT2D eigenvalue weighted by molar-refractivity contribution is 9.12. The number of halogens is 1. The predicted octanol–water partition coefficient (Wildman–Crippen LogP) is 0.686. The molecule has 3 heteroatoms. The second-order valence-corrected chi connectivity index (χ2v) is 0.439. The molecule has 1 N–H and O–H groups in total. The molecule has 0 aliphatic carbocycles. The Morgan fingerprint density at radius 2 is 1.75 bits per heavy atom. The van der Waals surface area contributed by atoms with Crippen LogP contribution in [0, 0.1) is 10.2 Å². The Hall–Kier alpha value is -0.0700. The van der Waals surface area contributed by atoms with Crippen molar-refractivity contribution in [1.29, 1.82) is 5.26 Å². The number of rotatable bonds is 0. The topological polar surface area (TPSA) is 53.8 Å². The van der Waals surface area contributed by atoms with Crippen LogP contribution in [0.2, 0.25) is 0 Å². The van der Waals surface area contributed by atoms with Crippen molar-refractivity contribution >= 4 is 15.9 Å². The first-order valence-corrected chi connectivity index (χ1v) is 1.21. The third-order valence-electron chi connectivity index (χ3n) is 0. The van der Waals surface area contributed by atoms with Crippen LogP contribution in [-0.2, 0) is 0 Å². The standard InChI is InChI=1S/CBrN.HO/c2-1-3;/h;1H. The quantitative estimate of drug-likeness (QED) is 0.505. The number of nitriles is 1. The highest BCUT2D eigenvalue weighted by Gasteiger charge is 1.22. The highest BCUT2D eigenvalue weighted by Crippen LogP contribution is 1.58. The zero-order valence-electron chi connectivity index (χ0n) is 1.77. The molecule has 1 radical (unpaired) electrons. The van der Waals surface area contributed by atoms with Crippen LogP contribution < -0.4 is 0 Å². The molecule has 0 aromatic carbocycles. The summed E-state index contributed by atoms with van der Waals surface area (Å²) in [6.07, 6.45) is 0. The van der Waals surface area contributed by atoms with Crippen molar-refractivity contribution in [3.63, 3.8) is 0 Å². The van der Waals surface area contributed by atoms with Crippen LogP contribution in [0.25, 0.3) is 0 Å². The molecule has 2 nitrogen and oxygen atoms in total. The summed E-state index contributed by atoms with van der Waals surface area (Å²) in [5.41, 5.74) is 0. The van der Waals surface area contributed by atoms with E-state index in [0.29, 0.717) is 0 Å². The molecule has 4 heavy (non-hydrogen) atoms. The van der Waals surface area contributed by atoms with Crippen molar-refractivity contribution in [3.05, 3.63) is 0 Å². The van der Waals surface area contributed by atoms with Gasteiger partial charge < -0.3 is 0 Å². The summed E-state index contributed by atoms with van der Waals surface area (Å²) >= 11 is 2.45. The lowest BCUT2D eigenvalue weighted by Gasteiger charge is -1.10. The van der Waals surface area contributed by atoms with Crippen LogP contribution in [-0.4, -0.2) is 5.48 Å². The van der Waals surface area contributed by atoms with Gasteiger partial charge in [0, 0.05) is 15.9 Å². The monoisotopic (exact) mass is 122 g/mol. The van der Waals surface area contributed by atoms with Crippen LogP contribution in [0.1, 0.15) is 0 Å². The third-order valence-corrected chi connectivity index (χ3v) is 0. The maximum absolute atomic E-state index is 7.24. The molecular weight excluding hydrogens is 122 g/mol. The van der Waals surface area contributed by atoms with Crippen molar-refractivity contribution in [3.8, 4) is 4.98 Å². The minimum absolute atomic E-state index is 0. The lowest BCUT2D eigenvalue weighted by molar-refractivity contribution is 0.824. The van der Waals surface area contributed by atoms with Crippen molar-refractivity contribution < 1.29 is 5.48 Å². The molecular formula is CHBrNO. The van der Waals surface area contributed by atoms with Gasteiger partial charge in [0.25, 0.3) is 0 Å². The van der Waals surface area contributed by atoms with Gasteiger partial charge in [0.2, 0.25) is 0 Å². The molecule has 0 unspecified atom stereocenters. The molecule has 0 rings (SSSR count). The summed E-state index contributed by atoms with van der Waals surface area (Å²) in [6, 6.07) is 0. The highest BCUT2D eigenvalue weighted by atomic mass is 79.9. The number of hydrogen-bond acceptors (Lipinski definition) is 1. The Kier molecular flexibility index (Phi) is 28.6. The molecule has 0 atom stereocenters. The van der Waals surface area contributed by atoms with E-state index >= 15 is 0 Å². The average Bonchev–Trinajstić information content (AvgIpc) is 0.918. The van der Waals surface area contributed by atoms with Crippen LogP contribution in [0.5, 0.6) is 0 Å². The zero-order valence-corrected chi connectivity index (χ0v) is 3.36. The average molecular weight is 123 g/mol. The Labute approximate surface area is 32.5 Å². The Balaban J connectivity index is 0. The van der Waals surface area contributed by atoms with E-state index in [9.17, 15) is 0 Å². The van der Waals surface area contributed by atoms with Crippen LogP contribution >= 0.6 is 15.9 Å². The summed E-state index contributed by atoms with van der Waals surface area (Å²) in [6.45, 7) is 0. The molecule has 0 saturated carbocycles. The van der Waals surface area contributed by atoms with E-state index < -0.39 is 0 Å². The lowest BCUT2D eigenvalue weighted by atomic mass is 11.8. The van der Waals surface area contributed by atoms with E-state index in [4.69, 9.17) is 5.26 Å². The minimum atomic E-state index is 0. The molecule has 0 spiro atoms. The van der Waals surface area contributed by atoms with Gasteiger partial charge in [-0.1, -0.05) is 0 Å². The molecule has 0 bridgehead atoms. The molecule has 0 aromatic heterocycles. The first-order chi connectivity index (χ1) is 1.41. The summed E-state index contributed by atoms with van der Waals surface area (Å²) < 4.78 is 0. The van der Waals surface area contributed by atoms with Crippen LogP contribution in [0.15, 0.2) is 0 Å². The Morgan fingerprint density at radius 1 is 1.75 bits per heavy atom. The fourth-order valence-corrected chi connectivity index (χ4v) is 0. The van der Waals surface area contributed by atoms with Crippen molar-refractivity contribution in [2.45, 2.75) is 0 Å². The van der Waals surface area contributed by atoms with Gasteiger partial charge in [0.1, 0.15) is 4.98 Å². The molecule has 23 valence electrons. The van der Waals surface area contributed by atoms with Crippen LogP contribution in [0.3, 0.4) is 0 Å². The van der Waals surface area contributed by atoms with Gasteiger partial charge in [-0.05, 0) is 0 Å². The Bertz CT molecular complexity index is 29.5. The van der Waals surface area contributed by atoms with E-state index in [0.717, 1.165) is 0 Å². The van der Waals surface area contributed by atoms with Gasteiger partial charge in [0.05, 0.1) is 0 Å². The molecule has 0 heterocycles. The van der Waals surface area contributed by atoms with Crippen LogP contribution in [0.4, 0.5) is 0 Å². The molecule has 0 fully saturated rings. The van der Waals surface area contributed by atoms with E-state index in [2.05, 4.69) is 15.9 Å².